The van der Waals surface area contributed by atoms with Gasteiger partial charge in [0.05, 0.1) is 12.0 Å². The van der Waals surface area contributed by atoms with Gasteiger partial charge in [0.2, 0.25) is 5.91 Å². The van der Waals surface area contributed by atoms with Crippen LogP contribution in [0.15, 0.2) is 6.33 Å². The van der Waals surface area contributed by atoms with Gasteiger partial charge in [-0.15, -0.1) is 33.4 Å². The van der Waals surface area contributed by atoms with E-state index in [-0.39, 0.29) is 5.91 Å². The van der Waals surface area contributed by atoms with Crippen LogP contribution >= 0.6 is 23.2 Å². The minimum Gasteiger partial charge on any atom is -0.348 e. The SMILES string of the molecule is CCn1cnnc1CNC(=O)C1(C)CC1(Cl)Cl. The lowest BCUT2D eigenvalue weighted by molar-refractivity contribution is -0.126. The van der Waals surface area contributed by atoms with Gasteiger partial charge < -0.3 is 9.88 Å². The number of carbonyl (C=O) groups excluding carboxylic acids is 1. The van der Waals surface area contributed by atoms with Crippen molar-refractivity contribution in [1.82, 2.24) is 20.1 Å². The Morgan fingerprint density at radius 3 is 2.82 bits per heavy atom. The van der Waals surface area contributed by atoms with Crippen LogP contribution in [0.25, 0.3) is 0 Å². The number of alkyl halides is 2. The summed E-state index contributed by atoms with van der Waals surface area (Å²) in [6, 6.07) is 0. The molecule has 7 heteroatoms. The summed E-state index contributed by atoms with van der Waals surface area (Å²) in [4.78, 5) is 11.9. The smallest absolute Gasteiger partial charge is 0.229 e. The second-order valence-electron chi connectivity index (χ2n) is 4.43. The minimum absolute atomic E-state index is 0.145. The van der Waals surface area contributed by atoms with Crippen molar-refractivity contribution >= 4 is 29.1 Å². The second-order valence-corrected chi connectivity index (χ2v) is 5.91. The molecule has 0 spiro atoms. The summed E-state index contributed by atoms with van der Waals surface area (Å²) in [7, 11) is 0. The first-order chi connectivity index (χ1) is 7.90. The first kappa shape index (κ1) is 12.6. The first-order valence-corrected chi connectivity index (χ1v) is 6.19. The molecule has 1 N–H and O–H groups in total. The molecule has 5 nitrogen and oxygen atoms in total. The molecule has 1 fully saturated rings. The van der Waals surface area contributed by atoms with Gasteiger partial charge in [0.15, 0.2) is 5.82 Å². The standard InChI is InChI=1S/C10H14Cl2N4O/c1-3-16-6-14-15-7(16)4-13-8(17)9(2)5-10(9,11)12/h6H,3-5H2,1-2H3,(H,13,17). The highest BCUT2D eigenvalue weighted by Gasteiger charge is 2.67. The van der Waals surface area contributed by atoms with E-state index >= 15 is 0 Å². The number of rotatable bonds is 4. The molecule has 1 aliphatic carbocycles. The Morgan fingerprint density at radius 2 is 2.29 bits per heavy atom. The lowest BCUT2D eigenvalue weighted by atomic mass is 10.1. The monoisotopic (exact) mass is 276 g/mol. The van der Waals surface area contributed by atoms with Gasteiger partial charge >= 0.3 is 0 Å². The Morgan fingerprint density at radius 1 is 1.65 bits per heavy atom. The molecule has 1 aromatic heterocycles. The fourth-order valence-corrected chi connectivity index (χ4v) is 2.39. The zero-order chi connectivity index (χ0) is 12.7. The normalized spacial score (nSPS) is 25.6. The number of hydrogen-bond acceptors (Lipinski definition) is 3. The van der Waals surface area contributed by atoms with Gasteiger partial charge in [-0.1, -0.05) is 0 Å². The van der Waals surface area contributed by atoms with Gasteiger partial charge in [0.25, 0.3) is 0 Å². The molecule has 0 aliphatic heterocycles. The van der Waals surface area contributed by atoms with Gasteiger partial charge in [-0.25, -0.2) is 0 Å². The van der Waals surface area contributed by atoms with E-state index in [9.17, 15) is 4.79 Å². The lowest BCUT2D eigenvalue weighted by Gasteiger charge is -2.12. The fraction of sp³-hybridized carbons (Fsp3) is 0.700. The second kappa shape index (κ2) is 4.14. The predicted molar refractivity (Wildman–Crippen MR) is 64.7 cm³/mol. The third kappa shape index (κ3) is 2.13. The summed E-state index contributed by atoms with van der Waals surface area (Å²) < 4.78 is 0.930. The van der Waals surface area contributed by atoms with Gasteiger partial charge in [0, 0.05) is 6.54 Å². The average Bonchev–Trinajstić information content (AvgIpc) is 2.67. The molecule has 0 radical (unpaired) electrons. The largest absolute Gasteiger partial charge is 0.348 e. The number of aryl methyl sites for hydroxylation is 1. The van der Waals surface area contributed by atoms with Crippen LogP contribution in [0, 0.1) is 5.41 Å². The van der Waals surface area contributed by atoms with Gasteiger partial charge in [-0.3, -0.25) is 4.79 Å². The van der Waals surface area contributed by atoms with E-state index in [1.165, 1.54) is 0 Å². The van der Waals surface area contributed by atoms with Crippen molar-refractivity contribution in [2.45, 2.75) is 37.7 Å². The molecule has 1 unspecified atom stereocenters. The van der Waals surface area contributed by atoms with E-state index < -0.39 is 9.75 Å². The van der Waals surface area contributed by atoms with Crippen molar-refractivity contribution in [1.29, 1.82) is 0 Å². The summed E-state index contributed by atoms with van der Waals surface area (Å²) in [5.74, 6) is 0.577. The zero-order valence-electron chi connectivity index (χ0n) is 9.70. The molecule has 1 aromatic rings. The molecule has 1 atom stereocenters. The molecular weight excluding hydrogens is 263 g/mol. The van der Waals surface area contributed by atoms with Crippen LogP contribution in [-0.2, 0) is 17.9 Å². The van der Waals surface area contributed by atoms with Crippen molar-refractivity contribution in [2.75, 3.05) is 0 Å². The Bertz CT molecular complexity index is 445. The summed E-state index contributed by atoms with van der Waals surface area (Å²) in [6.45, 7) is 4.85. The van der Waals surface area contributed by atoms with E-state index in [4.69, 9.17) is 23.2 Å². The van der Waals surface area contributed by atoms with E-state index in [1.54, 1.807) is 13.3 Å². The Labute approximate surface area is 109 Å². The Balaban J connectivity index is 1.94. The van der Waals surface area contributed by atoms with E-state index in [0.29, 0.717) is 13.0 Å². The van der Waals surface area contributed by atoms with Crippen molar-refractivity contribution in [3.8, 4) is 0 Å². The number of carbonyl (C=O) groups is 1. The fourth-order valence-electron chi connectivity index (χ4n) is 1.68. The first-order valence-electron chi connectivity index (χ1n) is 5.43. The van der Waals surface area contributed by atoms with Crippen molar-refractivity contribution in [3.63, 3.8) is 0 Å². The summed E-state index contributed by atoms with van der Waals surface area (Å²) in [5, 5.41) is 10.5. The summed E-state index contributed by atoms with van der Waals surface area (Å²) >= 11 is 11.9. The van der Waals surface area contributed by atoms with Crippen molar-refractivity contribution in [2.24, 2.45) is 5.41 Å². The molecule has 0 saturated heterocycles. The molecule has 2 rings (SSSR count). The Hall–Kier alpha value is -0.810. The van der Waals surface area contributed by atoms with Crippen LogP contribution < -0.4 is 5.32 Å². The maximum atomic E-state index is 11.9. The number of hydrogen-bond donors (Lipinski definition) is 1. The quantitative estimate of drug-likeness (QED) is 0.848. The van der Waals surface area contributed by atoms with Gasteiger partial charge in [-0.2, -0.15) is 0 Å². The van der Waals surface area contributed by atoms with Crippen molar-refractivity contribution < 1.29 is 4.79 Å². The molecule has 0 bridgehead atoms. The molecule has 1 aliphatic rings. The predicted octanol–water partition coefficient (Wildman–Crippen LogP) is 1.50. The summed E-state index contributed by atoms with van der Waals surface area (Å²) in [5.41, 5.74) is -0.687. The van der Waals surface area contributed by atoms with E-state index in [0.717, 1.165) is 12.4 Å². The van der Waals surface area contributed by atoms with Crippen LogP contribution in [0.4, 0.5) is 0 Å². The number of halogens is 2. The van der Waals surface area contributed by atoms with Gasteiger partial charge in [-0.05, 0) is 20.3 Å². The highest BCUT2D eigenvalue weighted by Crippen LogP contribution is 2.63. The number of nitrogens with zero attached hydrogens (tertiary/aromatic N) is 3. The third-order valence-electron chi connectivity index (χ3n) is 3.20. The highest BCUT2D eigenvalue weighted by atomic mass is 35.5. The summed E-state index contributed by atoms with van der Waals surface area (Å²) in [6.07, 6.45) is 2.11. The van der Waals surface area contributed by atoms with Crippen LogP contribution in [0.3, 0.4) is 0 Å². The topological polar surface area (TPSA) is 59.8 Å². The average molecular weight is 277 g/mol. The van der Waals surface area contributed by atoms with E-state index in [2.05, 4.69) is 15.5 Å². The molecule has 94 valence electrons. The van der Waals surface area contributed by atoms with Crippen LogP contribution in [0.2, 0.25) is 0 Å². The molecule has 17 heavy (non-hydrogen) atoms. The Kier molecular flexibility index (Phi) is 3.08. The minimum atomic E-state index is -0.935. The zero-order valence-corrected chi connectivity index (χ0v) is 11.2. The number of nitrogens with one attached hydrogen (secondary N) is 1. The van der Waals surface area contributed by atoms with Crippen LogP contribution in [0.5, 0.6) is 0 Å². The number of aromatic nitrogens is 3. The molecule has 1 amide bonds. The maximum absolute atomic E-state index is 11.9. The third-order valence-corrected chi connectivity index (χ3v) is 4.30. The maximum Gasteiger partial charge on any atom is 0.229 e. The van der Waals surface area contributed by atoms with E-state index in [1.807, 2.05) is 11.5 Å². The molecule has 0 aromatic carbocycles. The van der Waals surface area contributed by atoms with Gasteiger partial charge in [0.1, 0.15) is 10.7 Å². The molecular formula is C10H14Cl2N4O. The van der Waals surface area contributed by atoms with Crippen molar-refractivity contribution in [3.05, 3.63) is 12.2 Å². The van der Waals surface area contributed by atoms with Crippen LogP contribution in [-0.4, -0.2) is 25.0 Å². The lowest BCUT2D eigenvalue weighted by Crippen LogP contribution is -2.33. The molecule has 1 saturated carbocycles. The number of amides is 1. The van der Waals surface area contributed by atoms with Crippen LogP contribution in [0.1, 0.15) is 26.1 Å². The molecule has 1 heterocycles. The highest BCUT2D eigenvalue weighted by molar-refractivity contribution is 6.53.